The zero-order valence-corrected chi connectivity index (χ0v) is 11.9. The number of hydrogen-bond acceptors (Lipinski definition) is 3. The SMILES string of the molecule is O=S(=O)(NCc1cccc(C#CCCO)c1)NC1CC1. The van der Waals surface area contributed by atoms with Crippen LogP contribution in [0.25, 0.3) is 0 Å². The summed E-state index contributed by atoms with van der Waals surface area (Å²) in [4.78, 5) is 0. The van der Waals surface area contributed by atoms with Crippen molar-refractivity contribution >= 4 is 10.2 Å². The molecule has 0 bridgehead atoms. The summed E-state index contributed by atoms with van der Waals surface area (Å²) in [5.74, 6) is 5.76. The van der Waals surface area contributed by atoms with Gasteiger partial charge in [0, 0.05) is 24.6 Å². The molecule has 1 aliphatic rings. The van der Waals surface area contributed by atoms with Crippen molar-refractivity contribution in [3.05, 3.63) is 35.4 Å². The predicted octanol–water partition coefficient (Wildman–Crippen LogP) is 0.507. The normalized spacial score (nSPS) is 14.7. The summed E-state index contributed by atoms with van der Waals surface area (Å²) in [6.07, 6.45) is 2.26. The topological polar surface area (TPSA) is 78.4 Å². The van der Waals surface area contributed by atoms with E-state index in [0.29, 0.717) is 6.42 Å². The Morgan fingerprint density at radius 3 is 2.85 bits per heavy atom. The van der Waals surface area contributed by atoms with Crippen molar-refractivity contribution in [1.29, 1.82) is 0 Å². The summed E-state index contributed by atoms with van der Waals surface area (Å²) < 4.78 is 28.4. The smallest absolute Gasteiger partial charge is 0.277 e. The van der Waals surface area contributed by atoms with Gasteiger partial charge in [-0.1, -0.05) is 24.0 Å². The molecule has 20 heavy (non-hydrogen) atoms. The molecule has 0 aromatic heterocycles. The number of benzene rings is 1. The van der Waals surface area contributed by atoms with E-state index in [1.165, 1.54) is 0 Å². The molecule has 1 fully saturated rings. The van der Waals surface area contributed by atoms with Gasteiger partial charge < -0.3 is 5.11 Å². The molecule has 108 valence electrons. The third-order valence-corrected chi connectivity index (χ3v) is 3.93. The van der Waals surface area contributed by atoms with Crippen molar-refractivity contribution in [3.8, 4) is 11.8 Å². The molecule has 1 aromatic rings. The Kier molecular flexibility index (Phi) is 5.15. The highest BCUT2D eigenvalue weighted by atomic mass is 32.2. The van der Waals surface area contributed by atoms with E-state index in [2.05, 4.69) is 21.3 Å². The molecule has 0 unspecified atom stereocenters. The first-order valence-electron chi connectivity index (χ1n) is 6.55. The second kappa shape index (κ2) is 6.86. The van der Waals surface area contributed by atoms with E-state index in [0.717, 1.165) is 24.0 Å². The van der Waals surface area contributed by atoms with Crippen LogP contribution in [0.5, 0.6) is 0 Å². The van der Waals surface area contributed by atoms with Crippen LogP contribution in [0.2, 0.25) is 0 Å². The van der Waals surface area contributed by atoms with Crippen LogP contribution in [0.15, 0.2) is 24.3 Å². The van der Waals surface area contributed by atoms with Crippen molar-refractivity contribution in [2.75, 3.05) is 6.61 Å². The van der Waals surface area contributed by atoms with Crippen LogP contribution in [0, 0.1) is 11.8 Å². The molecular formula is C14H18N2O3S. The summed E-state index contributed by atoms with van der Waals surface area (Å²) in [5.41, 5.74) is 1.66. The molecule has 3 N–H and O–H groups in total. The Labute approximate surface area is 119 Å². The van der Waals surface area contributed by atoms with Gasteiger partial charge in [-0.25, -0.2) is 0 Å². The Morgan fingerprint density at radius 1 is 1.35 bits per heavy atom. The molecule has 1 aromatic carbocycles. The summed E-state index contributed by atoms with van der Waals surface area (Å²) in [6.45, 7) is 0.275. The minimum atomic E-state index is -3.42. The van der Waals surface area contributed by atoms with E-state index < -0.39 is 10.2 Å². The first-order chi connectivity index (χ1) is 9.59. The van der Waals surface area contributed by atoms with Gasteiger partial charge in [0.15, 0.2) is 0 Å². The Hall–Kier alpha value is -1.39. The molecule has 0 amide bonds. The molecule has 1 aliphatic carbocycles. The molecule has 0 saturated heterocycles. The van der Waals surface area contributed by atoms with Crippen molar-refractivity contribution in [2.45, 2.75) is 31.8 Å². The zero-order chi connectivity index (χ0) is 14.4. The average molecular weight is 294 g/mol. The monoisotopic (exact) mass is 294 g/mol. The second-order valence-corrected chi connectivity index (χ2v) is 6.22. The van der Waals surface area contributed by atoms with E-state index in [9.17, 15) is 8.42 Å². The maximum absolute atomic E-state index is 11.7. The highest BCUT2D eigenvalue weighted by Gasteiger charge is 2.26. The molecule has 6 heteroatoms. The largest absolute Gasteiger partial charge is 0.395 e. The van der Waals surface area contributed by atoms with Gasteiger partial charge in [0.1, 0.15) is 0 Å². The standard InChI is InChI=1S/C14H18N2O3S/c17-9-2-1-4-12-5-3-6-13(10-12)11-15-20(18,19)16-14-7-8-14/h3,5-6,10,14-17H,2,7-9,11H2. The van der Waals surface area contributed by atoms with E-state index in [1.54, 1.807) is 0 Å². The molecule has 0 atom stereocenters. The molecule has 0 radical (unpaired) electrons. The second-order valence-electron chi connectivity index (χ2n) is 4.69. The maximum atomic E-state index is 11.7. The van der Waals surface area contributed by atoms with Gasteiger partial charge in [0.2, 0.25) is 0 Å². The molecule has 0 heterocycles. The van der Waals surface area contributed by atoms with Crippen LogP contribution in [0.1, 0.15) is 30.4 Å². The number of aliphatic hydroxyl groups excluding tert-OH is 1. The molecule has 1 saturated carbocycles. The fourth-order valence-electron chi connectivity index (χ4n) is 1.62. The number of rotatable bonds is 6. The Bertz CT molecular complexity index is 613. The highest BCUT2D eigenvalue weighted by molar-refractivity contribution is 7.87. The van der Waals surface area contributed by atoms with E-state index >= 15 is 0 Å². The molecule has 5 nitrogen and oxygen atoms in total. The first kappa shape index (κ1) is 15.0. The first-order valence-corrected chi connectivity index (χ1v) is 8.03. The van der Waals surface area contributed by atoms with Crippen molar-refractivity contribution in [3.63, 3.8) is 0 Å². The molecule has 2 rings (SSSR count). The summed E-state index contributed by atoms with van der Waals surface area (Å²) in [5, 5.41) is 8.66. The van der Waals surface area contributed by atoms with Crippen LogP contribution < -0.4 is 9.44 Å². The van der Waals surface area contributed by atoms with Gasteiger partial charge in [-0.2, -0.15) is 17.9 Å². The Balaban J connectivity index is 1.92. The van der Waals surface area contributed by atoms with Crippen molar-refractivity contribution in [2.24, 2.45) is 0 Å². The summed E-state index contributed by atoms with van der Waals surface area (Å²) >= 11 is 0. The van der Waals surface area contributed by atoms with Crippen LogP contribution >= 0.6 is 0 Å². The lowest BCUT2D eigenvalue weighted by Crippen LogP contribution is -2.37. The van der Waals surface area contributed by atoms with Gasteiger partial charge >= 0.3 is 0 Å². The van der Waals surface area contributed by atoms with E-state index in [1.807, 2.05) is 24.3 Å². The highest BCUT2D eigenvalue weighted by Crippen LogP contribution is 2.19. The lowest BCUT2D eigenvalue weighted by Gasteiger charge is -2.07. The molecule has 0 aliphatic heterocycles. The van der Waals surface area contributed by atoms with Gasteiger partial charge in [-0.05, 0) is 30.5 Å². The zero-order valence-electron chi connectivity index (χ0n) is 11.1. The average Bonchev–Trinajstić information content (AvgIpc) is 3.21. The van der Waals surface area contributed by atoms with Crippen LogP contribution in [0.3, 0.4) is 0 Å². The minimum absolute atomic E-state index is 0.0410. The molecular weight excluding hydrogens is 276 g/mol. The van der Waals surface area contributed by atoms with E-state index in [4.69, 9.17) is 5.11 Å². The van der Waals surface area contributed by atoms with Crippen LogP contribution in [-0.2, 0) is 16.8 Å². The third-order valence-electron chi connectivity index (χ3n) is 2.76. The lowest BCUT2D eigenvalue weighted by atomic mass is 10.1. The maximum Gasteiger partial charge on any atom is 0.277 e. The summed E-state index contributed by atoms with van der Waals surface area (Å²) in [7, 11) is -3.42. The lowest BCUT2D eigenvalue weighted by molar-refractivity contribution is 0.305. The quantitative estimate of drug-likeness (QED) is 0.669. The van der Waals surface area contributed by atoms with Crippen molar-refractivity contribution in [1.82, 2.24) is 9.44 Å². The third kappa shape index (κ3) is 5.31. The fourth-order valence-corrected chi connectivity index (χ4v) is 2.73. The van der Waals surface area contributed by atoms with Crippen molar-refractivity contribution < 1.29 is 13.5 Å². The fraction of sp³-hybridized carbons (Fsp3) is 0.429. The summed E-state index contributed by atoms with van der Waals surface area (Å²) in [6, 6.07) is 7.47. The van der Waals surface area contributed by atoms with Gasteiger partial charge in [-0.15, -0.1) is 0 Å². The van der Waals surface area contributed by atoms with Crippen LogP contribution in [-0.4, -0.2) is 26.2 Å². The minimum Gasteiger partial charge on any atom is -0.395 e. The van der Waals surface area contributed by atoms with Gasteiger partial charge in [0.05, 0.1) is 6.61 Å². The van der Waals surface area contributed by atoms with Gasteiger partial charge in [0.25, 0.3) is 10.2 Å². The predicted molar refractivity (Wildman–Crippen MR) is 76.9 cm³/mol. The number of nitrogens with one attached hydrogen (secondary N) is 2. The van der Waals surface area contributed by atoms with Crippen LogP contribution in [0.4, 0.5) is 0 Å². The molecule has 0 spiro atoms. The van der Waals surface area contributed by atoms with Gasteiger partial charge in [-0.3, -0.25) is 0 Å². The Morgan fingerprint density at radius 2 is 2.15 bits per heavy atom. The van der Waals surface area contributed by atoms with E-state index in [-0.39, 0.29) is 19.2 Å². The number of hydrogen-bond donors (Lipinski definition) is 3. The number of aliphatic hydroxyl groups is 1.